The number of hydrogen-bond acceptors (Lipinski definition) is 4. The number of nitrogens with one attached hydrogen (secondary N) is 1. The number of carbonyl (C=O) groups is 2. The molecule has 6 heteroatoms. The molecule has 1 aliphatic heterocycles. The lowest BCUT2D eigenvalue weighted by molar-refractivity contribution is -0.122. The zero-order valence-electron chi connectivity index (χ0n) is 16.3. The van der Waals surface area contributed by atoms with Gasteiger partial charge in [-0.25, -0.2) is 4.39 Å². The molecule has 0 fully saturated rings. The maximum Gasteiger partial charge on any atom is 0.225 e. The van der Waals surface area contributed by atoms with Crippen LogP contribution in [0, 0.1) is 5.82 Å². The number of hydrogen-bond donors (Lipinski definition) is 1. The van der Waals surface area contributed by atoms with Gasteiger partial charge in [-0.15, -0.1) is 0 Å². The van der Waals surface area contributed by atoms with Crippen molar-refractivity contribution in [2.75, 3.05) is 14.2 Å². The number of halogens is 1. The van der Waals surface area contributed by atoms with Gasteiger partial charge in [0.15, 0.2) is 5.78 Å². The summed E-state index contributed by atoms with van der Waals surface area (Å²) in [7, 11) is 3.17. The van der Waals surface area contributed by atoms with Crippen LogP contribution >= 0.6 is 0 Å². The fraction of sp³-hybridized carbons (Fsp3) is 0.304. The van der Waals surface area contributed by atoms with E-state index in [1.165, 1.54) is 12.1 Å². The van der Waals surface area contributed by atoms with Crippen LogP contribution in [0.4, 0.5) is 4.39 Å². The zero-order valence-corrected chi connectivity index (χ0v) is 16.3. The molecule has 29 heavy (non-hydrogen) atoms. The third-order valence-corrected chi connectivity index (χ3v) is 5.66. The predicted molar refractivity (Wildman–Crippen MR) is 105 cm³/mol. The van der Waals surface area contributed by atoms with Crippen LogP contribution in [0.5, 0.6) is 11.5 Å². The molecule has 0 saturated heterocycles. The lowest BCUT2D eigenvalue weighted by Gasteiger charge is -2.34. The number of methoxy groups -OCH3 is 2. The van der Waals surface area contributed by atoms with E-state index < -0.39 is 5.92 Å². The fourth-order valence-corrected chi connectivity index (χ4v) is 4.35. The number of Topliss-reactive ketones (excluding diaryl/α,β-unsaturated/α-hetero) is 1. The summed E-state index contributed by atoms with van der Waals surface area (Å²) in [4.78, 5) is 25.5. The molecule has 150 valence electrons. The molecule has 2 aromatic rings. The quantitative estimate of drug-likeness (QED) is 0.854. The monoisotopic (exact) mass is 395 g/mol. The molecule has 0 radical (unpaired) electrons. The Balaban J connectivity index is 1.74. The van der Waals surface area contributed by atoms with Gasteiger partial charge in [0, 0.05) is 41.5 Å². The largest absolute Gasteiger partial charge is 0.497 e. The van der Waals surface area contributed by atoms with Crippen LogP contribution in [0.15, 0.2) is 53.7 Å². The van der Waals surface area contributed by atoms with Crippen molar-refractivity contribution < 1.29 is 23.5 Å². The molecule has 0 unspecified atom stereocenters. The molecular formula is C23H22FNO4. The number of allylic oxidation sites excluding steroid dienone is 2. The molecule has 0 spiro atoms. The van der Waals surface area contributed by atoms with Crippen LogP contribution in [-0.2, 0) is 9.59 Å². The molecule has 0 bridgehead atoms. The van der Waals surface area contributed by atoms with Crippen LogP contribution < -0.4 is 14.8 Å². The highest BCUT2D eigenvalue weighted by molar-refractivity contribution is 6.02. The molecule has 2 aromatic carbocycles. The number of ketones is 1. The van der Waals surface area contributed by atoms with E-state index in [1.54, 1.807) is 32.4 Å². The zero-order chi connectivity index (χ0) is 20.5. The van der Waals surface area contributed by atoms with E-state index in [9.17, 15) is 14.0 Å². The van der Waals surface area contributed by atoms with Crippen molar-refractivity contribution >= 4 is 11.7 Å². The second-order valence-electron chi connectivity index (χ2n) is 7.39. The van der Waals surface area contributed by atoms with Crippen molar-refractivity contribution in [3.8, 4) is 11.5 Å². The van der Waals surface area contributed by atoms with E-state index in [-0.39, 0.29) is 29.8 Å². The molecule has 0 aromatic heterocycles. The molecule has 2 aliphatic rings. The van der Waals surface area contributed by atoms with Crippen molar-refractivity contribution in [2.24, 2.45) is 0 Å². The second kappa shape index (κ2) is 7.70. The minimum Gasteiger partial charge on any atom is -0.497 e. The summed E-state index contributed by atoms with van der Waals surface area (Å²) in [5.74, 6) is 0.222. The lowest BCUT2D eigenvalue weighted by Crippen LogP contribution is -2.38. The van der Waals surface area contributed by atoms with Gasteiger partial charge in [-0.3, -0.25) is 9.59 Å². The molecule has 2 atom stereocenters. The number of rotatable bonds is 4. The smallest absolute Gasteiger partial charge is 0.225 e. The van der Waals surface area contributed by atoms with Crippen LogP contribution in [0.25, 0.3) is 0 Å². The van der Waals surface area contributed by atoms with Crippen LogP contribution in [-0.4, -0.2) is 25.9 Å². The van der Waals surface area contributed by atoms with Crippen LogP contribution in [0.2, 0.25) is 0 Å². The van der Waals surface area contributed by atoms with E-state index in [0.717, 1.165) is 5.56 Å². The second-order valence-corrected chi connectivity index (χ2v) is 7.39. The van der Waals surface area contributed by atoms with Gasteiger partial charge in [-0.2, -0.15) is 0 Å². The Bertz CT molecular complexity index is 1010. The van der Waals surface area contributed by atoms with E-state index in [1.807, 2.05) is 12.1 Å². The SMILES string of the molecule is COc1ccc(OC)c([C@H]2CC(=O)C3=C(C2)NC(=O)C[C@@H]3c2cccc(F)c2)c1. The van der Waals surface area contributed by atoms with Gasteiger partial charge in [-0.1, -0.05) is 12.1 Å². The Morgan fingerprint density at radius 2 is 1.83 bits per heavy atom. The van der Waals surface area contributed by atoms with E-state index >= 15 is 0 Å². The molecule has 5 nitrogen and oxygen atoms in total. The Morgan fingerprint density at radius 1 is 1.00 bits per heavy atom. The first-order valence-corrected chi connectivity index (χ1v) is 9.53. The summed E-state index contributed by atoms with van der Waals surface area (Å²) < 4.78 is 24.6. The van der Waals surface area contributed by atoms with Gasteiger partial charge in [-0.05, 0) is 42.3 Å². The fourth-order valence-electron chi connectivity index (χ4n) is 4.35. The molecule has 1 N–H and O–H groups in total. The average Bonchev–Trinajstić information content (AvgIpc) is 2.72. The van der Waals surface area contributed by atoms with Gasteiger partial charge in [0.2, 0.25) is 5.91 Å². The molecule has 1 amide bonds. The summed E-state index contributed by atoms with van der Waals surface area (Å²) in [6.45, 7) is 0. The molecule has 0 saturated carbocycles. The van der Waals surface area contributed by atoms with Gasteiger partial charge in [0.25, 0.3) is 0 Å². The first-order chi connectivity index (χ1) is 14.0. The summed E-state index contributed by atoms with van der Waals surface area (Å²) in [5.41, 5.74) is 2.74. The summed E-state index contributed by atoms with van der Waals surface area (Å²) in [5, 5.41) is 2.88. The lowest BCUT2D eigenvalue weighted by atomic mass is 9.73. The summed E-state index contributed by atoms with van der Waals surface area (Å²) in [6.07, 6.45) is 0.938. The highest BCUT2D eigenvalue weighted by atomic mass is 19.1. The predicted octanol–water partition coefficient (Wildman–Crippen LogP) is 3.85. The van der Waals surface area contributed by atoms with Crippen LogP contribution in [0.3, 0.4) is 0 Å². The van der Waals surface area contributed by atoms with E-state index in [2.05, 4.69) is 5.32 Å². The normalized spacial score (nSPS) is 21.5. The van der Waals surface area contributed by atoms with Gasteiger partial charge in [0.05, 0.1) is 14.2 Å². The van der Waals surface area contributed by atoms with Crippen molar-refractivity contribution in [3.05, 3.63) is 70.7 Å². The van der Waals surface area contributed by atoms with Crippen molar-refractivity contribution in [2.45, 2.75) is 31.1 Å². The van der Waals surface area contributed by atoms with Crippen LogP contribution in [0.1, 0.15) is 42.2 Å². The Morgan fingerprint density at radius 3 is 2.55 bits per heavy atom. The van der Waals surface area contributed by atoms with Gasteiger partial charge >= 0.3 is 0 Å². The first-order valence-electron chi connectivity index (χ1n) is 9.53. The molecule has 1 aliphatic carbocycles. The maximum absolute atomic E-state index is 13.8. The number of benzene rings is 2. The van der Waals surface area contributed by atoms with Crippen molar-refractivity contribution in [1.82, 2.24) is 5.32 Å². The number of amides is 1. The highest BCUT2D eigenvalue weighted by Crippen LogP contribution is 2.45. The third kappa shape index (κ3) is 3.62. The standard InChI is InChI=1S/C23H22FNO4/c1-28-16-6-7-21(29-2)17(11-16)14-9-19-23(20(26)10-14)18(12-22(27)25-19)13-4-3-5-15(24)8-13/h3-8,11,14,18H,9-10,12H2,1-2H3,(H,25,27)/t14-,18-/m1/s1. The molecular weight excluding hydrogens is 373 g/mol. The van der Waals surface area contributed by atoms with E-state index in [0.29, 0.717) is 41.2 Å². The number of carbonyl (C=O) groups excluding carboxylic acids is 2. The third-order valence-electron chi connectivity index (χ3n) is 5.66. The molecule has 4 rings (SSSR count). The minimum absolute atomic E-state index is 0.0321. The minimum atomic E-state index is -0.421. The first kappa shape index (κ1) is 19.2. The maximum atomic E-state index is 13.8. The molecule has 1 heterocycles. The van der Waals surface area contributed by atoms with Crippen molar-refractivity contribution in [1.29, 1.82) is 0 Å². The van der Waals surface area contributed by atoms with E-state index in [4.69, 9.17) is 9.47 Å². The Kier molecular flexibility index (Phi) is 5.09. The van der Waals surface area contributed by atoms with Crippen molar-refractivity contribution in [3.63, 3.8) is 0 Å². The topological polar surface area (TPSA) is 64.6 Å². The van der Waals surface area contributed by atoms with Gasteiger partial charge in [0.1, 0.15) is 17.3 Å². The van der Waals surface area contributed by atoms with Gasteiger partial charge < -0.3 is 14.8 Å². The number of ether oxygens (including phenoxy) is 2. The summed E-state index contributed by atoms with van der Waals surface area (Å²) >= 11 is 0. The highest BCUT2D eigenvalue weighted by Gasteiger charge is 2.39. The summed E-state index contributed by atoms with van der Waals surface area (Å²) in [6, 6.07) is 11.6. The Labute approximate surface area is 168 Å². The Hall–Kier alpha value is -3.15. The average molecular weight is 395 g/mol.